The molecule has 1 heterocycles. The van der Waals surface area contributed by atoms with E-state index in [1.165, 1.54) is 32.6 Å². The third kappa shape index (κ3) is 4.08. The minimum Gasteiger partial charge on any atom is -0.167 e. The fraction of sp³-hybridized carbons (Fsp3) is 0. The van der Waals surface area contributed by atoms with Crippen molar-refractivity contribution in [2.75, 3.05) is 0 Å². The molecule has 0 fully saturated rings. The number of halogens is 2. The average molecular weight is 322 g/mol. The molecule has 0 aliphatic rings. The van der Waals surface area contributed by atoms with Crippen LogP contribution >= 0.6 is 55.8 Å². The standard InChI is InChI=1S/C9H5Cl2N3S3/c10-7-8(16-17-14-7)12-13-9(11)15-6-4-2-1-3-5-6/h1-5H/b12-8+,13-9+. The van der Waals surface area contributed by atoms with Crippen LogP contribution in [0.25, 0.3) is 0 Å². The molecule has 2 aromatic rings. The highest BCUT2D eigenvalue weighted by Crippen LogP contribution is 2.21. The van der Waals surface area contributed by atoms with Gasteiger partial charge in [-0.2, -0.15) is 4.37 Å². The van der Waals surface area contributed by atoms with E-state index < -0.39 is 0 Å². The molecule has 3 nitrogen and oxygen atoms in total. The summed E-state index contributed by atoms with van der Waals surface area (Å²) in [6.07, 6.45) is 0. The Kier molecular flexibility index (Phi) is 4.99. The molecule has 0 bridgehead atoms. The molecule has 0 saturated carbocycles. The first kappa shape index (κ1) is 13.0. The van der Waals surface area contributed by atoms with Crippen molar-refractivity contribution >= 4 is 60.3 Å². The molecule has 17 heavy (non-hydrogen) atoms. The summed E-state index contributed by atoms with van der Waals surface area (Å²) in [6, 6.07) is 9.71. The first-order chi connectivity index (χ1) is 8.25. The van der Waals surface area contributed by atoms with Gasteiger partial charge in [-0.3, -0.25) is 0 Å². The molecule has 0 unspecified atom stereocenters. The zero-order valence-corrected chi connectivity index (χ0v) is 12.2. The molecular weight excluding hydrogens is 317 g/mol. The lowest BCUT2D eigenvalue weighted by atomic mass is 10.4. The number of nitrogens with zero attached hydrogens (tertiary/aromatic N) is 3. The predicted molar refractivity (Wildman–Crippen MR) is 76.2 cm³/mol. The number of benzene rings is 1. The molecule has 0 saturated heterocycles. The molecule has 0 spiro atoms. The van der Waals surface area contributed by atoms with E-state index in [-0.39, 0.29) is 0 Å². The fourth-order valence-electron chi connectivity index (χ4n) is 0.909. The molecule has 0 aliphatic heterocycles. The van der Waals surface area contributed by atoms with Crippen LogP contribution < -0.4 is 4.67 Å². The molecule has 0 aliphatic carbocycles. The van der Waals surface area contributed by atoms with Crippen molar-refractivity contribution in [3.63, 3.8) is 0 Å². The maximum Gasteiger partial charge on any atom is 0.190 e. The van der Waals surface area contributed by atoms with Gasteiger partial charge in [0, 0.05) is 15.4 Å². The van der Waals surface area contributed by atoms with Crippen molar-refractivity contribution in [3.8, 4) is 0 Å². The van der Waals surface area contributed by atoms with Gasteiger partial charge in [-0.1, -0.05) is 53.2 Å². The van der Waals surface area contributed by atoms with Crippen LogP contribution in [0.3, 0.4) is 0 Å². The number of hydrogen-bond acceptors (Lipinski definition) is 6. The normalized spacial score (nSPS) is 13.1. The van der Waals surface area contributed by atoms with Gasteiger partial charge in [0.15, 0.2) is 14.3 Å². The first-order valence-electron chi connectivity index (χ1n) is 4.37. The van der Waals surface area contributed by atoms with E-state index in [4.69, 9.17) is 23.2 Å². The van der Waals surface area contributed by atoms with E-state index in [9.17, 15) is 0 Å². The Morgan fingerprint density at radius 3 is 2.71 bits per heavy atom. The summed E-state index contributed by atoms with van der Waals surface area (Å²) in [7, 11) is 2.62. The van der Waals surface area contributed by atoms with Gasteiger partial charge < -0.3 is 0 Å². The lowest BCUT2D eigenvalue weighted by molar-refractivity contribution is 1.17. The van der Waals surface area contributed by atoms with Gasteiger partial charge in [0.05, 0.1) is 0 Å². The second kappa shape index (κ2) is 6.51. The summed E-state index contributed by atoms with van der Waals surface area (Å²) >= 11 is 13.1. The SMILES string of the molecule is Cl/C(=N\N=c1\ssnc1Cl)Sc1ccccc1. The maximum atomic E-state index is 5.95. The summed E-state index contributed by atoms with van der Waals surface area (Å²) in [4.78, 5) is 1.01. The van der Waals surface area contributed by atoms with Crippen LogP contribution in [-0.2, 0) is 0 Å². The van der Waals surface area contributed by atoms with Crippen LogP contribution in [0.2, 0.25) is 5.15 Å². The van der Waals surface area contributed by atoms with Crippen LogP contribution in [0, 0.1) is 0 Å². The number of rotatable bonds is 2. The Labute approximate surface area is 119 Å². The van der Waals surface area contributed by atoms with Crippen molar-refractivity contribution in [1.29, 1.82) is 0 Å². The van der Waals surface area contributed by atoms with E-state index in [0.717, 1.165) is 4.90 Å². The Bertz CT molecular complexity index is 576. The van der Waals surface area contributed by atoms with Gasteiger partial charge >= 0.3 is 0 Å². The van der Waals surface area contributed by atoms with Gasteiger partial charge in [-0.15, -0.1) is 10.2 Å². The van der Waals surface area contributed by atoms with E-state index >= 15 is 0 Å². The van der Waals surface area contributed by atoms with Crippen molar-refractivity contribution < 1.29 is 0 Å². The minimum atomic E-state index is 0.339. The Balaban J connectivity index is 2.11. The first-order valence-corrected chi connectivity index (χ1v) is 8.05. The van der Waals surface area contributed by atoms with Crippen molar-refractivity contribution in [1.82, 2.24) is 4.37 Å². The van der Waals surface area contributed by atoms with Crippen LogP contribution in [-0.4, -0.2) is 8.88 Å². The van der Waals surface area contributed by atoms with Crippen molar-refractivity contribution in [3.05, 3.63) is 40.2 Å². The highest BCUT2D eigenvalue weighted by molar-refractivity contribution is 8.16. The lowest BCUT2D eigenvalue weighted by Crippen LogP contribution is -1.92. The molecule has 1 aromatic carbocycles. The highest BCUT2D eigenvalue weighted by Gasteiger charge is 1.99. The number of thioether (sulfide) groups is 1. The molecule has 0 amide bonds. The molecule has 0 atom stereocenters. The van der Waals surface area contributed by atoms with Gasteiger partial charge in [0.25, 0.3) is 0 Å². The smallest absolute Gasteiger partial charge is 0.167 e. The molecule has 2 rings (SSSR count). The monoisotopic (exact) mass is 321 g/mol. The van der Waals surface area contributed by atoms with Crippen LogP contribution in [0.15, 0.2) is 45.4 Å². The topological polar surface area (TPSA) is 37.6 Å². The minimum absolute atomic E-state index is 0.339. The van der Waals surface area contributed by atoms with Crippen LogP contribution in [0.5, 0.6) is 0 Å². The van der Waals surface area contributed by atoms with Crippen molar-refractivity contribution in [2.45, 2.75) is 4.90 Å². The highest BCUT2D eigenvalue weighted by atomic mass is 35.5. The van der Waals surface area contributed by atoms with Gasteiger partial charge in [-0.25, -0.2) is 0 Å². The second-order valence-electron chi connectivity index (χ2n) is 2.71. The van der Waals surface area contributed by atoms with Crippen LogP contribution in [0.1, 0.15) is 0 Å². The van der Waals surface area contributed by atoms with E-state index in [1.54, 1.807) is 0 Å². The number of aromatic nitrogens is 1. The molecular formula is C9H5Cl2N3S3. The van der Waals surface area contributed by atoms with E-state index in [0.29, 0.717) is 14.3 Å². The Hall–Kier alpha value is -0.400. The lowest BCUT2D eigenvalue weighted by Gasteiger charge is -1.95. The summed E-state index contributed by atoms with van der Waals surface area (Å²) in [6.45, 7) is 0. The third-order valence-corrected chi connectivity index (χ3v) is 4.80. The summed E-state index contributed by atoms with van der Waals surface area (Å²) < 4.78 is 4.80. The fourth-order valence-corrected chi connectivity index (χ4v) is 3.69. The second-order valence-corrected chi connectivity index (χ2v) is 6.55. The quantitative estimate of drug-likeness (QED) is 0.275. The summed E-state index contributed by atoms with van der Waals surface area (Å²) in [5.74, 6) is 0. The van der Waals surface area contributed by atoms with Crippen molar-refractivity contribution in [2.24, 2.45) is 10.2 Å². The van der Waals surface area contributed by atoms with Gasteiger partial charge in [0.1, 0.15) is 0 Å². The molecule has 1 aromatic heterocycles. The van der Waals surface area contributed by atoms with Gasteiger partial charge in [0.2, 0.25) is 0 Å². The predicted octanol–water partition coefficient (Wildman–Crippen LogP) is 4.06. The average Bonchev–Trinajstić information content (AvgIpc) is 2.74. The molecule has 8 heteroatoms. The Morgan fingerprint density at radius 2 is 2.06 bits per heavy atom. The summed E-state index contributed by atoms with van der Waals surface area (Å²) in [5, 5.41) is 8.18. The largest absolute Gasteiger partial charge is 0.190 e. The van der Waals surface area contributed by atoms with E-state index in [1.807, 2.05) is 30.3 Å². The molecule has 0 N–H and O–H groups in total. The zero-order chi connectivity index (χ0) is 12.1. The van der Waals surface area contributed by atoms with Gasteiger partial charge in [-0.05, 0) is 22.5 Å². The summed E-state index contributed by atoms with van der Waals surface area (Å²) in [5.41, 5.74) is 0. The maximum absolute atomic E-state index is 5.95. The Morgan fingerprint density at radius 1 is 1.29 bits per heavy atom. The molecule has 88 valence electrons. The third-order valence-electron chi connectivity index (χ3n) is 1.57. The zero-order valence-electron chi connectivity index (χ0n) is 8.21. The number of hydrogen-bond donors (Lipinski definition) is 0. The molecule has 0 radical (unpaired) electrons. The van der Waals surface area contributed by atoms with E-state index in [2.05, 4.69) is 14.6 Å². The van der Waals surface area contributed by atoms with Crippen LogP contribution in [0.4, 0.5) is 0 Å².